The van der Waals surface area contributed by atoms with Gasteiger partial charge in [-0.25, -0.2) is 0 Å². The second kappa shape index (κ2) is 2.19. The molecule has 1 saturated carbocycles. The van der Waals surface area contributed by atoms with Gasteiger partial charge in [-0.15, -0.1) is 0 Å². The van der Waals surface area contributed by atoms with E-state index in [1.807, 2.05) is 4.90 Å². The summed E-state index contributed by atoms with van der Waals surface area (Å²) >= 11 is 0. The number of carboxylic acids is 1. The Bertz CT molecular complexity index is 195. The van der Waals surface area contributed by atoms with E-state index in [4.69, 9.17) is 10.8 Å². The summed E-state index contributed by atoms with van der Waals surface area (Å²) in [5.74, 6) is -0.177. The maximum Gasteiger partial charge on any atom is 0.317 e. The molecule has 0 aromatic heterocycles. The normalized spacial score (nSPS) is 42.1. The summed E-state index contributed by atoms with van der Waals surface area (Å²) in [5, 5.41) is 8.51. The van der Waals surface area contributed by atoms with E-state index in [2.05, 4.69) is 0 Å². The minimum atomic E-state index is -0.746. The Morgan fingerprint density at radius 1 is 1.73 bits per heavy atom. The molecule has 62 valence electrons. The largest absolute Gasteiger partial charge is 0.480 e. The van der Waals surface area contributed by atoms with Crippen molar-refractivity contribution in [2.45, 2.75) is 18.5 Å². The van der Waals surface area contributed by atoms with E-state index in [-0.39, 0.29) is 12.6 Å². The van der Waals surface area contributed by atoms with Gasteiger partial charge in [0.25, 0.3) is 0 Å². The summed E-state index contributed by atoms with van der Waals surface area (Å²) in [6.07, 6.45) is 1.11. The topological polar surface area (TPSA) is 66.6 Å². The van der Waals surface area contributed by atoms with E-state index >= 15 is 0 Å². The average Bonchev–Trinajstić information content (AvgIpc) is 2.41. The third-order valence-corrected chi connectivity index (χ3v) is 2.81. The Morgan fingerprint density at radius 3 is 2.82 bits per heavy atom. The number of rotatable bonds is 2. The summed E-state index contributed by atoms with van der Waals surface area (Å²) in [6, 6.07) is 0.602. The van der Waals surface area contributed by atoms with Crippen LogP contribution in [0.2, 0.25) is 0 Å². The molecule has 3 unspecified atom stereocenters. The molecule has 4 nitrogen and oxygen atoms in total. The summed E-state index contributed by atoms with van der Waals surface area (Å²) in [4.78, 5) is 12.3. The number of hydrogen-bond acceptors (Lipinski definition) is 3. The Labute approximate surface area is 65.0 Å². The molecule has 0 aromatic rings. The van der Waals surface area contributed by atoms with Gasteiger partial charge in [0, 0.05) is 18.6 Å². The van der Waals surface area contributed by atoms with Crippen molar-refractivity contribution in [3.05, 3.63) is 0 Å². The lowest BCUT2D eigenvalue weighted by Crippen LogP contribution is -2.50. The van der Waals surface area contributed by atoms with Crippen molar-refractivity contribution in [1.82, 2.24) is 4.90 Å². The number of nitrogens with zero attached hydrogens (tertiary/aromatic N) is 1. The molecule has 0 spiro atoms. The van der Waals surface area contributed by atoms with E-state index in [1.54, 1.807) is 0 Å². The zero-order valence-electron chi connectivity index (χ0n) is 6.23. The molecule has 2 heterocycles. The minimum Gasteiger partial charge on any atom is -0.480 e. The number of fused-ring (bicyclic) bond motifs is 1. The SMILES string of the molecule is NC1C2CC1N(CC(=O)O)C2. The van der Waals surface area contributed by atoms with E-state index < -0.39 is 5.97 Å². The first-order chi connectivity index (χ1) is 5.18. The van der Waals surface area contributed by atoms with Crippen LogP contribution >= 0.6 is 0 Å². The van der Waals surface area contributed by atoms with Crippen LogP contribution < -0.4 is 5.73 Å². The summed E-state index contributed by atoms with van der Waals surface area (Å²) < 4.78 is 0. The Kier molecular flexibility index (Phi) is 1.40. The van der Waals surface area contributed by atoms with Crippen LogP contribution in [-0.4, -0.2) is 41.1 Å². The Hall–Kier alpha value is -0.610. The van der Waals surface area contributed by atoms with E-state index in [0.29, 0.717) is 12.0 Å². The van der Waals surface area contributed by atoms with Gasteiger partial charge in [0.1, 0.15) is 0 Å². The second-order valence-electron chi connectivity index (χ2n) is 3.46. The first kappa shape index (κ1) is 7.06. The van der Waals surface area contributed by atoms with Gasteiger partial charge in [0.2, 0.25) is 0 Å². The average molecular weight is 156 g/mol. The maximum absolute atomic E-state index is 10.3. The molecule has 3 atom stereocenters. The van der Waals surface area contributed by atoms with Gasteiger partial charge in [-0.3, -0.25) is 9.69 Å². The molecule has 3 rings (SSSR count). The van der Waals surface area contributed by atoms with Crippen LogP contribution in [0.5, 0.6) is 0 Å². The third kappa shape index (κ3) is 0.937. The monoisotopic (exact) mass is 156 g/mol. The molecular weight excluding hydrogens is 144 g/mol. The zero-order chi connectivity index (χ0) is 8.01. The van der Waals surface area contributed by atoms with E-state index in [0.717, 1.165) is 13.0 Å². The number of nitrogens with two attached hydrogens (primary N) is 1. The van der Waals surface area contributed by atoms with Crippen LogP contribution in [0.1, 0.15) is 6.42 Å². The molecule has 4 heteroatoms. The summed E-state index contributed by atoms with van der Waals surface area (Å²) in [6.45, 7) is 1.05. The van der Waals surface area contributed by atoms with Gasteiger partial charge in [0.15, 0.2) is 0 Å². The van der Waals surface area contributed by atoms with Gasteiger partial charge in [-0.1, -0.05) is 0 Å². The maximum atomic E-state index is 10.3. The smallest absolute Gasteiger partial charge is 0.317 e. The van der Waals surface area contributed by atoms with Crippen LogP contribution in [-0.2, 0) is 4.79 Å². The van der Waals surface area contributed by atoms with Crippen molar-refractivity contribution in [1.29, 1.82) is 0 Å². The summed E-state index contributed by atoms with van der Waals surface area (Å²) in [5.41, 5.74) is 5.76. The van der Waals surface area contributed by atoms with Gasteiger partial charge >= 0.3 is 5.97 Å². The molecule has 0 radical (unpaired) electrons. The highest BCUT2D eigenvalue weighted by atomic mass is 16.4. The lowest BCUT2D eigenvalue weighted by molar-refractivity contribution is -0.138. The zero-order valence-corrected chi connectivity index (χ0v) is 6.23. The summed E-state index contributed by atoms with van der Waals surface area (Å²) in [7, 11) is 0. The second-order valence-corrected chi connectivity index (χ2v) is 3.46. The molecule has 1 aliphatic carbocycles. The van der Waals surface area contributed by atoms with Crippen LogP contribution in [0.3, 0.4) is 0 Å². The van der Waals surface area contributed by atoms with Crippen LogP contribution in [0.15, 0.2) is 0 Å². The minimum absolute atomic E-state index is 0.162. The molecule has 0 aromatic carbocycles. The standard InChI is InChI=1S/C7H12N2O2/c8-7-4-1-5(7)9(2-4)3-6(10)11/h4-5,7H,1-3,8H2,(H,10,11). The van der Waals surface area contributed by atoms with Gasteiger partial charge < -0.3 is 10.8 Å². The highest BCUT2D eigenvalue weighted by molar-refractivity contribution is 5.69. The lowest BCUT2D eigenvalue weighted by Gasteiger charge is -2.33. The molecule has 2 aliphatic heterocycles. The molecular formula is C7H12N2O2. The Balaban J connectivity index is 1.94. The van der Waals surface area contributed by atoms with E-state index in [1.165, 1.54) is 0 Å². The van der Waals surface area contributed by atoms with E-state index in [9.17, 15) is 4.79 Å². The van der Waals surface area contributed by atoms with Crippen LogP contribution in [0.4, 0.5) is 0 Å². The van der Waals surface area contributed by atoms with Crippen molar-refractivity contribution in [3.8, 4) is 0 Å². The van der Waals surface area contributed by atoms with Gasteiger partial charge in [0.05, 0.1) is 6.54 Å². The number of hydrogen-bond donors (Lipinski definition) is 2. The predicted molar refractivity (Wildman–Crippen MR) is 39.1 cm³/mol. The molecule has 3 aliphatic rings. The van der Waals surface area contributed by atoms with Crippen molar-refractivity contribution in [2.75, 3.05) is 13.1 Å². The highest BCUT2D eigenvalue weighted by Crippen LogP contribution is 2.39. The highest BCUT2D eigenvalue weighted by Gasteiger charge is 2.50. The molecule has 2 saturated heterocycles. The fraction of sp³-hybridized carbons (Fsp3) is 0.857. The van der Waals surface area contributed by atoms with Crippen molar-refractivity contribution in [3.63, 3.8) is 0 Å². The first-order valence-corrected chi connectivity index (χ1v) is 3.90. The van der Waals surface area contributed by atoms with Crippen LogP contribution in [0, 0.1) is 5.92 Å². The fourth-order valence-electron chi connectivity index (χ4n) is 2.12. The molecule has 11 heavy (non-hydrogen) atoms. The molecule has 3 fully saturated rings. The predicted octanol–water partition coefficient (Wildman–Crippen LogP) is -0.898. The lowest BCUT2D eigenvalue weighted by atomic mass is 9.81. The molecule has 2 bridgehead atoms. The van der Waals surface area contributed by atoms with Crippen LogP contribution in [0.25, 0.3) is 0 Å². The molecule has 0 amide bonds. The fourth-order valence-corrected chi connectivity index (χ4v) is 2.12. The third-order valence-electron chi connectivity index (χ3n) is 2.81. The van der Waals surface area contributed by atoms with Gasteiger partial charge in [-0.05, 0) is 12.3 Å². The Morgan fingerprint density at radius 2 is 2.45 bits per heavy atom. The first-order valence-electron chi connectivity index (χ1n) is 3.90. The van der Waals surface area contributed by atoms with Gasteiger partial charge in [-0.2, -0.15) is 0 Å². The van der Waals surface area contributed by atoms with Crippen molar-refractivity contribution in [2.24, 2.45) is 11.7 Å². The van der Waals surface area contributed by atoms with Crippen molar-refractivity contribution < 1.29 is 9.90 Å². The number of carboxylic acid groups (broad SMARTS) is 1. The number of aliphatic carboxylic acids is 1. The number of carbonyl (C=O) groups is 1. The molecule has 3 N–H and O–H groups in total. The quantitative estimate of drug-likeness (QED) is 0.544. The van der Waals surface area contributed by atoms with Crippen molar-refractivity contribution >= 4 is 5.97 Å².